The number of pyridine rings is 1. The molecule has 0 spiro atoms. The molecule has 1 aliphatic rings. The molecule has 2 N–H and O–H groups in total. The number of aliphatic hydroxyl groups excluding tert-OH is 1. The monoisotopic (exact) mass is 345 g/mol. The number of nitrogens with one attached hydrogen (secondary N) is 1. The van der Waals surface area contributed by atoms with E-state index in [0.29, 0.717) is 23.8 Å². The summed E-state index contributed by atoms with van der Waals surface area (Å²) in [5.41, 5.74) is 2.39. The van der Waals surface area contributed by atoms with E-state index in [0.717, 1.165) is 24.1 Å². The Morgan fingerprint density at radius 1 is 1.33 bits per heavy atom. The lowest BCUT2D eigenvalue weighted by molar-refractivity contribution is 0.0678. The van der Waals surface area contributed by atoms with Gasteiger partial charge in [-0.15, -0.1) is 0 Å². The van der Waals surface area contributed by atoms with E-state index in [1.54, 1.807) is 17.2 Å². The van der Waals surface area contributed by atoms with Crippen LogP contribution in [0.4, 0.5) is 5.69 Å². The second-order valence-corrected chi connectivity index (χ2v) is 6.25. The highest BCUT2D eigenvalue weighted by Gasteiger charge is 2.29. The average Bonchev–Trinajstić information content (AvgIpc) is 3.09. The summed E-state index contributed by atoms with van der Waals surface area (Å²) in [6.07, 6.45) is 3.50. The van der Waals surface area contributed by atoms with Gasteiger partial charge in [-0.25, -0.2) is 4.98 Å². The number of aliphatic hydroxyl groups is 1. The van der Waals surface area contributed by atoms with E-state index in [-0.39, 0.29) is 18.6 Å². The van der Waals surface area contributed by atoms with E-state index in [4.69, 9.17) is 11.6 Å². The lowest BCUT2D eigenvalue weighted by Crippen LogP contribution is -2.37. The first-order valence-electron chi connectivity index (χ1n) is 8.04. The standard InChI is InChI=1S/C18H20ClN3O2/c19-17-8-7-13(11-21-17)10-20-16-6-2-1-5-15(16)18(24)22-9-3-4-14(22)12-23/h1-2,5-8,11,14,20,23H,3-4,9-10,12H2/t14-/m0/s1. The van der Waals surface area contributed by atoms with Crippen molar-refractivity contribution >= 4 is 23.2 Å². The minimum Gasteiger partial charge on any atom is -0.394 e. The molecule has 1 fully saturated rings. The van der Waals surface area contributed by atoms with Crippen molar-refractivity contribution in [2.24, 2.45) is 0 Å². The topological polar surface area (TPSA) is 65.5 Å². The van der Waals surface area contributed by atoms with Crippen LogP contribution in [0.5, 0.6) is 0 Å². The Balaban J connectivity index is 1.75. The molecule has 0 unspecified atom stereocenters. The largest absolute Gasteiger partial charge is 0.394 e. The van der Waals surface area contributed by atoms with Crippen molar-refractivity contribution < 1.29 is 9.90 Å². The first-order chi connectivity index (χ1) is 11.7. The molecule has 1 aromatic heterocycles. The Hall–Kier alpha value is -2.11. The third-order valence-corrected chi connectivity index (χ3v) is 4.50. The summed E-state index contributed by atoms with van der Waals surface area (Å²) in [5, 5.41) is 13.2. The van der Waals surface area contributed by atoms with Gasteiger partial charge in [-0.05, 0) is 36.6 Å². The second-order valence-electron chi connectivity index (χ2n) is 5.87. The number of hydrogen-bond acceptors (Lipinski definition) is 4. The van der Waals surface area contributed by atoms with Gasteiger partial charge in [-0.3, -0.25) is 4.79 Å². The van der Waals surface area contributed by atoms with Crippen LogP contribution in [0.25, 0.3) is 0 Å². The van der Waals surface area contributed by atoms with Gasteiger partial charge in [0.15, 0.2) is 0 Å². The second kappa shape index (κ2) is 7.64. The van der Waals surface area contributed by atoms with Gasteiger partial charge in [0.05, 0.1) is 18.2 Å². The first kappa shape index (κ1) is 16.7. The van der Waals surface area contributed by atoms with Crippen molar-refractivity contribution in [3.05, 3.63) is 58.9 Å². The molecule has 126 valence electrons. The number of carbonyl (C=O) groups is 1. The van der Waals surface area contributed by atoms with Crippen LogP contribution in [-0.4, -0.2) is 40.1 Å². The van der Waals surface area contributed by atoms with Gasteiger partial charge >= 0.3 is 0 Å². The highest BCUT2D eigenvalue weighted by atomic mass is 35.5. The fourth-order valence-corrected chi connectivity index (χ4v) is 3.09. The van der Waals surface area contributed by atoms with Crippen LogP contribution in [0, 0.1) is 0 Å². The lowest BCUT2D eigenvalue weighted by atomic mass is 10.1. The predicted molar refractivity (Wildman–Crippen MR) is 94.2 cm³/mol. The summed E-state index contributed by atoms with van der Waals surface area (Å²) in [6, 6.07) is 11.0. The Morgan fingerprint density at radius 2 is 2.17 bits per heavy atom. The fourth-order valence-electron chi connectivity index (χ4n) is 2.98. The predicted octanol–water partition coefficient (Wildman–Crippen LogP) is 2.94. The van der Waals surface area contributed by atoms with Gasteiger partial charge in [-0.2, -0.15) is 0 Å². The number of aromatic nitrogens is 1. The molecule has 24 heavy (non-hydrogen) atoms. The zero-order chi connectivity index (χ0) is 16.9. The minimum atomic E-state index is -0.0778. The van der Waals surface area contributed by atoms with Crippen LogP contribution in [-0.2, 0) is 6.54 Å². The molecule has 0 aliphatic carbocycles. The Morgan fingerprint density at radius 3 is 2.92 bits per heavy atom. The van der Waals surface area contributed by atoms with E-state index in [2.05, 4.69) is 10.3 Å². The van der Waals surface area contributed by atoms with Gasteiger partial charge in [0, 0.05) is 25.0 Å². The number of nitrogens with zero attached hydrogens (tertiary/aromatic N) is 2. The minimum absolute atomic E-state index is 0.0117. The lowest BCUT2D eigenvalue weighted by Gasteiger charge is -2.24. The quantitative estimate of drug-likeness (QED) is 0.818. The summed E-state index contributed by atoms with van der Waals surface area (Å²) < 4.78 is 0. The molecular weight excluding hydrogens is 326 g/mol. The number of anilines is 1. The summed E-state index contributed by atoms with van der Waals surface area (Å²) in [7, 11) is 0. The Kier molecular flexibility index (Phi) is 5.33. The van der Waals surface area contributed by atoms with E-state index in [9.17, 15) is 9.90 Å². The maximum Gasteiger partial charge on any atom is 0.256 e. The maximum absolute atomic E-state index is 12.8. The number of benzene rings is 1. The molecule has 5 nitrogen and oxygen atoms in total. The smallest absolute Gasteiger partial charge is 0.256 e. The highest BCUT2D eigenvalue weighted by molar-refractivity contribution is 6.29. The van der Waals surface area contributed by atoms with Crippen molar-refractivity contribution in [2.45, 2.75) is 25.4 Å². The molecule has 2 aromatic rings. The van der Waals surface area contributed by atoms with Gasteiger partial charge < -0.3 is 15.3 Å². The van der Waals surface area contributed by atoms with E-state index >= 15 is 0 Å². The zero-order valence-electron chi connectivity index (χ0n) is 13.3. The molecule has 1 saturated heterocycles. The molecule has 1 aliphatic heterocycles. The molecule has 1 atom stereocenters. The van der Waals surface area contributed by atoms with Crippen LogP contribution in [0.2, 0.25) is 5.15 Å². The number of amides is 1. The SMILES string of the molecule is O=C(c1ccccc1NCc1ccc(Cl)nc1)N1CCC[C@H]1CO. The molecule has 0 bridgehead atoms. The number of rotatable bonds is 5. The molecular formula is C18H20ClN3O2. The van der Waals surface area contributed by atoms with Crippen LogP contribution < -0.4 is 5.32 Å². The summed E-state index contributed by atoms with van der Waals surface area (Å²) in [6.45, 7) is 1.26. The van der Waals surface area contributed by atoms with E-state index < -0.39 is 0 Å². The number of halogens is 1. The molecule has 3 rings (SSSR count). The highest BCUT2D eigenvalue weighted by Crippen LogP contribution is 2.24. The Bertz CT molecular complexity index is 706. The fraction of sp³-hybridized carbons (Fsp3) is 0.333. The number of likely N-dealkylation sites (tertiary alicyclic amines) is 1. The molecule has 0 saturated carbocycles. The number of para-hydroxylation sites is 1. The van der Waals surface area contributed by atoms with Gasteiger partial charge in [0.25, 0.3) is 5.91 Å². The van der Waals surface area contributed by atoms with Gasteiger partial charge in [0.1, 0.15) is 5.15 Å². The van der Waals surface area contributed by atoms with Gasteiger partial charge in [-0.1, -0.05) is 29.8 Å². The van der Waals surface area contributed by atoms with Crippen LogP contribution in [0.15, 0.2) is 42.6 Å². The van der Waals surface area contributed by atoms with E-state index in [1.165, 1.54) is 0 Å². The molecule has 1 amide bonds. The van der Waals surface area contributed by atoms with Crippen molar-refractivity contribution in [3.8, 4) is 0 Å². The van der Waals surface area contributed by atoms with E-state index in [1.807, 2.05) is 30.3 Å². The number of hydrogen-bond donors (Lipinski definition) is 2. The third-order valence-electron chi connectivity index (χ3n) is 4.28. The van der Waals surface area contributed by atoms with Crippen molar-refractivity contribution in [3.63, 3.8) is 0 Å². The first-order valence-corrected chi connectivity index (χ1v) is 8.42. The van der Waals surface area contributed by atoms with Crippen molar-refractivity contribution in [1.29, 1.82) is 0 Å². The number of carbonyl (C=O) groups excluding carboxylic acids is 1. The van der Waals surface area contributed by atoms with Crippen molar-refractivity contribution in [2.75, 3.05) is 18.5 Å². The average molecular weight is 346 g/mol. The molecule has 1 aromatic carbocycles. The summed E-state index contributed by atoms with van der Waals surface area (Å²) in [5.74, 6) is -0.0381. The van der Waals surface area contributed by atoms with Crippen molar-refractivity contribution in [1.82, 2.24) is 9.88 Å². The Labute approximate surface area is 146 Å². The van der Waals surface area contributed by atoms with Crippen LogP contribution in [0.3, 0.4) is 0 Å². The summed E-state index contributed by atoms with van der Waals surface area (Å²) in [4.78, 5) is 18.7. The van der Waals surface area contributed by atoms with Crippen LogP contribution >= 0.6 is 11.6 Å². The van der Waals surface area contributed by atoms with Crippen LogP contribution in [0.1, 0.15) is 28.8 Å². The third kappa shape index (κ3) is 3.68. The molecule has 0 radical (unpaired) electrons. The normalized spacial score (nSPS) is 17.1. The summed E-state index contributed by atoms with van der Waals surface area (Å²) >= 11 is 5.79. The molecule has 6 heteroatoms. The van der Waals surface area contributed by atoms with Gasteiger partial charge in [0.2, 0.25) is 0 Å². The maximum atomic E-state index is 12.8. The zero-order valence-corrected chi connectivity index (χ0v) is 14.0. The molecule has 2 heterocycles.